The van der Waals surface area contributed by atoms with Crippen LogP contribution in [-0.4, -0.2) is 48.6 Å². The summed E-state index contributed by atoms with van der Waals surface area (Å²) in [6.07, 6.45) is 3.21. The van der Waals surface area contributed by atoms with Crippen molar-refractivity contribution in [3.63, 3.8) is 0 Å². The van der Waals surface area contributed by atoms with Gasteiger partial charge in [-0.25, -0.2) is 9.59 Å². The minimum absolute atomic E-state index is 0.0165. The quantitative estimate of drug-likeness (QED) is 0.121. The van der Waals surface area contributed by atoms with Crippen molar-refractivity contribution in [1.29, 1.82) is 0 Å². The molecule has 0 aliphatic rings. The first-order chi connectivity index (χ1) is 20.0. The van der Waals surface area contributed by atoms with Crippen LogP contribution in [0.1, 0.15) is 38.8 Å². The molecule has 0 saturated heterocycles. The third kappa shape index (κ3) is 7.32. The van der Waals surface area contributed by atoms with Gasteiger partial charge in [0.15, 0.2) is 0 Å². The van der Waals surface area contributed by atoms with Crippen molar-refractivity contribution in [3.05, 3.63) is 108 Å². The third-order valence-corrected chi connectivity index (χ3v) is 7.06. The largest absolute Gasteiger partial charge is 0.461 e. The molecule has 0 unspecified atom stereocenters. The second-order valence-electron chi connectivity index (χ2n) is 12.0. The molecule has 6 heteroatoms. The van der Waals surface area contributed by atoms with E-state index in [1.807, 2.05) is 113 Å². The zero-order chi connectivity index (χ0) is 30.3. The Kier molecular flexibility index (Phi) is 9.61. The summed E-state index contributed by atoms with van der Waals surface area (Å²) < 4.78 is 11.4. The van der Waals surface area contributed by atoms with Crippen molar-refractivity contribution >= 4 is 44.6 Å². The zero-order valence-corrected chi connectivity index (χ0v) is 24.6. The normalized spacial score (nSPS) is 12.9. The highest BCUT2D eigenvalue weighted by atomic mass is 16.5. The fourth-order valence-corrected chi connectivity index (χ4v) is 4.39. The van der Waals surface area contributed by atoms with Crippen LogP contribution >= 0.6 is 0 Å². The number of hydrogen-bond donors (Lipinski definition) is 2. The molecule has 4 aromatic rings. The average Bonchev–Trinajstić information content (AvgIpc) is 3.01. The molecular weight excluding hydrogens is 528 g/mol. The van der Waals surface area contributed by atoms with Gasteiger partial charge >= 0.3 is 11.9 Å². The number of esters is 2. The topological polar surface area (TPSA) is 93.1 Å². The molecule has 0 radical (unpaired) electrons. The highest BCUT2D eigenvalue weighted by molar-refractivity contribution is 6.23. The fourth-order valence-electron chi connectivity index (χ4n) is 4.39. The van der Waals surface area contributed by atoms with Gasteiger partial charge < -0.3 is 19.7 Å². The van der Waals surface area contributed by atoms with Crippen LogP contribution in [0.3, 0.4) is 0 Å². The lowest BCUT2D eigenvalue weighted by atomic mass is 9.94. The Morgan fingerprint density at radius 2 is 0.952 bits per heavy atom. The van der Waals surface area contributed by atoms with Crippen LogP contribution in [0.4, 0.5) is 0 Å². The zero-order valence-electron chi connectivity index (χ0n) is 24.6. The number of rotatable bonds is 11. The minimum atomic E-state index is -0.618. The molecule has 0 saturated carbocycles. The van der Waals surface area contributed by atoms with E-state index in [1.165, 1.54) is 0 Å². The molecular formula is C36H38O6. The molecule has 0 amide bonds. The molecule has 218 valence electrons. The lowest BCUT2D eigenvalue weighted by Crippen LogP contribution is -2.26. The van der Waals surface area contributed by atoms with Crippen LogP contribution in [0.25, 0.3) is 32.7 Å². The number of aliphatic hydroxyl groups is 2. The van der Waals surface area contributed by atoms with Gasteiger partial charge in [-0.3, -0.25) is 0 Å². The third-order valence-electron chi connectivity index (χ3n) is 7.06. The molecule has 0 heterocycles. The molecule has 0 fully saturated rings. The first-order valence-electron chi connectivity index (χ1n) is 14.0. The van der Waals surface area contributed by atoms with E-state index in [2.05, 4.69) is 0 Å². The fraction of sp³-hybridized carbons (Fsp3) is 0.278. The van der Waals surface area contributed by atoms with Crippen molar-refractivity contribution in [2.24, 2.45) is 10.8 Å². The van der Waals surface area contributed by atoms with Crippen molar-refractivity contribution in [1.82, 2.24) is 0 Å². The smallest absolute Gasteiger partial charge is 0.338 e. The molecule has 4 aromatic carbocycles. The Labute approximate surface area is 246 Å². The van der Waals surface area contributed by atoms with Gasteiger partial charge in [-0.2, -0.15) is 0 Å². The monoisotopic (exact) mass is 566 g/mol. The molecule has 0 atom stereocenters. The lowest BCUT2D eigenvalue weighted by Gasteiger charge is -2.22. The van der Waals surface area contributed by atoms with E-state index in [1.54, 1.807) is 12.2 Å². The average molecular weight is 567 g/mol. The number of allylic oxidation sites excluding steroid dienone is 2. The molecule has 42 heavy (non-hydrogen) atoms. The summed E-state index contributed by atoms with van der Waals surface area (Å²) in [5, 5.41) is 23.0. The molecule has 2 N–H and O–H groups in total. The van der Waals surface area contributed by atoms with Gasteiger partial charge in [0.25, 0.3) is 0 Å². The van der Waals surface area contributed by atoms with E-state index < -0.39 is 22.8 Å². The second-order valence-corrected chi connectivity index (χ2v) is 12.0. The number of carbonyl (C=O) groups excluding carboxylic acids is 2. The van der Waals surface area contributed by atoms with Crippen LogP contribution in [0.15, 0.2) is 97.1 Å². The highest BCUT2D eigenvalue weighted by Crippen LogP contribution is 2.30. The Hall–Kier alpha value is -4.26. The molecule has 0 aliphatic heterocycles. The van der Waals surface area contributed by atoms with Crippen LogP contribution in [-0.2, 0) is 19.1 Å². The SMILES string of the molecule is CC(C)(CO)COC(=O)/C(=C/C=C(/C(=O)OCC(C)(C)CO)c1cccc2ccccc12)c1cccc2ccccc12. The van der Waals surface area contributed by atoms with Crippen molar-refractivity contribution in [2.75, 3.05) is 26.4 Å². The van der Waals surface area contributed by atoms with Gasteiger partial charge in [0.1, 0.15) is 0 Å². The van der Waals surface area contributed by atoms with E-state index in [0.717, 1.165) is 21.5 Å². The summed E-state index contributed by atoms with van der Waals surface area (Å²) in [5.41, 5.74) is 0.606. The maximum atomic E-state index is 13.6. The number of benzene rings is 4. The second kappa shape index (κ2) is 13.1. The first kappa shape index (κ1) is 30.7. The summed E-state index contributed by atoms with van der Waals surface area (Å²) in [7, 11) is 0. The Morgan fingerprint density at radius 1 is 0.595 bits per heavy atom. The van der Waals surface area contributed by atoms with Crippen LogP contribution in [0.2, 0.25) is 0 Å². The highest BCUT2D eigenvalue weighted by Gasteiger charge is 2.24. The number of hydrogen-bond acceptors (Lipinski definition) is 6. The molecule has 4 rings (SSSR count). The maximum Gasteiger partial charge on any atom is 0.338 e. The van der Waals surface area contributed by atoms with Gasteiger partial charge in [0.05, 0.1) is 37.6 Å². The Bertz CT molecular complexity index is 1510. The van der Waals surface area contributed by atoms with E-state index >= 15 is 0 Å². The van der Waals surface area contributed by atoms with Gasteiger partial charge in [0.2, 0.25) is 0 Å². The molecule has 0 spiro atoms. The number of aliphatic hydroxyl groups excluding tert-OH is 2. The number of carbonyl (C=O) groups is 2. The Morgan fingerprint density at radius 3 is 1.33 bits per heavy atom. The van der Waals surface area contributed by atoms with Gasteiger partial charge in [-0.1, -0.05) is 113 Å². The number of ether oxygens (including phenoxy) is 2. The van der Waals surface area contributed by atoms with E-state index in [-0.39, 0.29) is 37.6 Å². The Balaban J connectivity index is 1.88. The summed E-state index contributed by atoms with van der Waals surface area (Å²) in [5.74, 6) is -1.15. The van der Waals surface area contributed by atoms with E-state index in [9.17, 15) is 19.8 Å². The summed E-state index contributed by atoms with van der Waals surface area (Å²) in [6.45, 7) is 6.98. The summed E-state index contributed by atoms with van der Waals surface area (Å²) >= 11 is 0. The van der Waals surface area contributed by atoms with Crippen molar-refractivity contribution in [3.8, 4) is 0 Å². The van der Waals surface area contributed by atoms with Crippen LogP contribution in [0.5, 0.6) is 0 Å². The van der Waals surface area contributed by atoms with Crippen molar-refractivity contribution in [2.45, 2.75) is 27.7 Å². The van der Waals surface area contributed by atoms with Gasteiger partial charge in [-0.05, 0) is 44.8 Å². The lowest BCUT2D eigenvalue weighted by molar-refractivity contribution is -0.141. The minimum Gasteiger partial charge on any atom is -0.461 e. The predicted molar refractivity (Wildman–Crippen MR) is 168 cm³/mol. The summed E-state index contributed by atoms with van der Waals surface area (Å²) in [6, 6.07) is 26.8. The first-order valence-corrected chi connectivity index (χ1v) is 14.0. The number of fused-ring (bicyclic) bond motifs is 2. The van der Waals surface area contributed by atoms with Gasteiger partial charge in [0, 0.05) is 10.8 Å². The summed E-state index contributed by atoms with van der Waals surface area (Å²) in [4.78, 5) is 27.3. The van der Waals surface area contributed by atoms with Crippen LogP contribution < -0.4 is 0 Å². The standard InChI is InChI=1S/C36H38O6/c1-35(2,21-37)23-41-33(39)31(29-17-9-13-25-11-5-7-15-27(25)29)19-20-32(34(40)42-24-36(3,4)22-38)30-18-10-14-26-12-6-8-16-28(26)30/h5-20,37-38H,21-24H2,1-4H3/b31-19+,32-20+. The molecule has 0 aliphatic carbocycles. The predicted octanol–water partition coefficient (Wildman–Crippen LogP) is 6.58. The maximum absolute atomic E-state index is 13.6. The van der Waals surface area contributed by atoms with Gasteiger partial charge in [-0.15, -0.1) is 0 Å². The molecule has 6 nitrogen and oxygen atoms in total. The molecule has 0 aromatic heterocycles. The van der Waals surface area contributed by atoms with Crippen LogP contribution in [0, 0.1) is 10.8 Å². The van der Waals surface area contributed by atoms with E-state index in [4.69, 9.17) is 9.47 Å². The van der Waals surface area contributed by atoms with E-state index in [0.29, 0.717) is 11.1 Å². The molecule has 0 bridgehead atoms. The van der Waals surface area contributed by atoms with Crippen molar-refractivity contribution < 1.29 is 29.3 Å².